The summed E-state index contributed by atoms with van der Waals surface area (Å²) in [5.74, 6) is 0. The first-order valence-electron chi connectivity index (χ1n) is 14.6. The molecule has 0 saturated heterocycles. The highest BCUT2D eigenvalue weighted by atomic mass is 32.1. The molecular formula is C40H26N2S. The molecule has 9 rings (SSSR count). The molecule has 7 aromatic carbocycles. The van der Waals surface area contributed by atoms with Gasteiger partial charge in [0.1, 0.15) is 0 Å². The fourth-order valence-corrected chi connectivity index (χ4v) is 7.84. The monoisotopic (exact) mass is 566 g/mol. The molecule has 0 aliphatic heterocycles. The number of anilines is 3. The summed E-state index contributed by atoms with van der Waals surface area (Å²) in [5, 5.41) is 7.71. The van der Waals surface area contributed by atoms with Crippen molar-refractivity contribution in [2.45, 2.75) is 0 Å². The summed E-state index contributed by atoms with van der Waals surface area (Å²) in [6.45, 7) is 0. The van der Waals surface area contributed by atoms with Gasteiger partial charge < -0.3 is 9.47 Å². The summed E-state index contributed by atoms with van der Waals surface area (Å²) in [5.41, 5.74) is 6.97. The maximum absolute atomic E-state index is 2.39. The van der Waals surface area contributed by atoms with Crippen LogP contribution in [0.3, 0.4) is 0 Å². The first kappa shape index (κ1) is 24.2. The van der Waals surface area contributed by atoms with Crippen LogP contribution in [0.2, 0.25) is 0 Å². The number of nitrogens with zero attached hydrogens (tertiary/aromatic N) is 2. The number of hydrogen-bond donors (Lipinski definition) is 0. The standard InChI is InChI=1S/C40H26N2S/c1-3-11-28(12-4-1)41(30-21-19-27-20-23-35-34-16-8-10-18-39(34)43-40(35)36(27)25-30)31-22-24-33-32-15-7-9-17-37(32)42(38(33)26-31)29-13-5-2-6-14-29/h1-26H. The number of rotatable bonds is 4. The Bertz CT molecular complexity index is 2450. The minimum Gasteiger partial charge on any atom is -0.310 e. The van der Waals surface area contributed by atoms with E-state index in [0.717, 1.165) is 22.7 Å². The topological polar surface area (TPSA) is 8.17 Å². The molecule has 0 radical (unpaired) electrons. The highest BCUT2D eigenvalue weighted by molar-refractivity contribution is 7.26. The van der Waals surface area contributed by atoms with E-state index in [2.05, 4.69) is 167 Å². The van der Waals surface area contributed by atoms with Gasteiger partial charge in [0, 0.05) is 59.1 Å². The molecule has 0 aliphatic carbocycles. The summed E-state index contributed by atoms with van der Waals surface area (Å²) in [4.78, 5) is 2.39. The molecule has 202 valence electrons. The van der Waals surface area contributed by atoms with Crippen LogP contribution in [0.4, 0.5) is 17.1 Å². The number of thiophene rings is 1. The van der Waals surface area contributed by atoms with E-state index in [1.54, 1.807) is 0 Å². The highest BCUT2D eigenvalue weighted by Gasteiger charge is 2.18. The maximum Gasteiger partial charge on any atom is 0.0561 e. The average molecular weight is 567 g/mol. The third-order valence-corrected chi connectivity index (χ3v) is 9.77. The molecule has 0 atom stereocenters. The van der Waals surface area contributed by atoms with Crippen molar-refractivity contribution in [1.29, 1.82) is 0 Å². The Morgan fingerprint density at radius 2 is 1.05 bits per heavy atom. The van der Waals surface area contributed by atoms with Gasteiger partial charge in [-0.25, -0.2) is 0 Å². The van der Waals surface area contributed by atoms with Gasteiger partial charge in [-0.3, -0.25) is 0 Å². The van der Waals surface area contributed by atoms with Gasteiger partial charge in [0.15, 0.2) is 0 Å². The first-order chi connectivity index (χ1) is 21.3. The third-order valence-electron chi connectivity index (χ3n) is 8.55. The molecule has 0 spiro atoms. The predicted molar refractivity (Wildman–Crippen MR) is 186 cm³/mol. The van der Waals surface area contributed by atoms with Crippen LogP contribution in [0, 0.1) is 0 Å². The second kappa shape index (κ2) is 9.59. The second-order valence-electron chi connectivity index (χ2n) is 11.0. The normalized spacial score (nSPS) is 11.7. The van der Waals surface area contributed by atoms with Gasteiger partial charge in [0.25, 0.3) is 0 Å². The van der Waals surface area contributed by atoms with E-state index in [-0.39, 0.29) is 0 Å². The zero-order valence-corrected chi connectivity index (χ0v) is 24.1. The summed E-state index contributed by atoms with van der Waals surface area (Å²) in [7, 11) is 0. The number of benzene rings is 7. The molecule has 43 heavy (non-hydrogen) atoms. The summed E-state index contributed by atoms with van der Waals surface area (Å²) in [6, 6.07) is 57.2. The van der Waals surface area contributed by atoms with Crippen molar-refractivity contribution < 1.29 is 0 Å². The fraction of sp³-hybridized carbons (Fsp3) is 0. The third kappa shape index (κ3) is 3.79. The molecule has 3 heteroatoms. The molecule has 0 aliphatic rings. The lowest BCUT2D eigenvalue weighted by Crippen LogP contribution is -2.10. The molecule has 0 saturated carbocycles. The van der Waals surface area contributed by atoms with Crippen molar-refractivity contribution in [3.63, 3.8) is 0 Å². The van der Waals surface area contributed by atoms with Crippen molar-refractivity contribution in [3.8, 4) is 5.69 Å². The van der Waals surface area contributed by atoms with Crippen LogP contribution in [-0.4, -0.2) is 4.57 Å². The van der Waals surface area contributed by atoms with E-state index < -0.39 is 0 Å². The molecule has 2 nitrogen and oxygen atoms in total. The van der Waals surface area contributed by atoms with E-state index in [1.165, 1.54) is 52.8 Å². The van der Waals surface area contributed by atoms with Crippen LogP contribution in [-0.2, 0) is 0 Å². The Balaban J connectivity index is 1.31. The van der Waals surface area contributed by atoms with Gasteiger partial charge >= 0.3 is 0 Å². The van der Waals surface area contributed by atoms with Crippen LogP contribution in [0.1, 0.15) is 0 Å². The van der Waals surface area contributed by atoms with E-state index >= 15 is 0 Å². The Hall–Kier alpha value is -5.38. The Labute approximate surface area is 253 Å². The van der Waals surface area contributed by atoms with E-state index in [9.17, 15) is 0 Å². The van der Waals surface area contributed by atoms with Crippen molar-refractivity contribution in [1.82, 2.24) is 4.57 Å². The summed E-state index contributed by atoms with van der Waals surface area (Å²) in [6.07, 6.45) is 0. The maximum atomic E-state index is 2.39. The SMILES string of the molecule is c1ccc(N(c2ccc3ccc4c5ccccc5sc4c3c2)c2ccc3c4ccccc4n(-c4ccccc4)c3c2)cc1. The van der Waals surface area contributed by atoms with Gasteiger partial charge in [0.2, 0.25) is 0 Å². The molecular weight excluding hydrogens is 541 g/mol. The largest absolute Gasteiger partial charge is 0.310 e. The van der Waals surface area contributed by atoms with Crippen molar-refractivity contribution >= 4 is 81.1 Å². The van der Waals surface area contributed by atoms with Gasteiger partial charge in [-0.05, 0) is 66.0 Å². The highest BCUT2D eigenvalue weighted by Crippen LogP contribution is 2.43. The van der Waals surface area contributed by atoms with Crippen molar-refractivity contribution in [2.75, 3.05) is 4.90 Å². The van der Waals surface area contributed by atoms with E-state index in [1.807, 2.05) is 11.3 Å². The molecule has 0 bridgehead atoms. The number of para-hydroxylation sites is 3. The van der Waals surface area contributed by atoms with Crippen LogP contribution < -0.4 is 4.90 Å². The number of aromatic nitrogens is 1. The van der Waals surface area contributed by atoms with Crippen LogP contribution in [0.15, 0.2) is 158 Å². The zero-order valence-electron chi connectivity index (χ0n) is 23.3. The van der Waals surface area contributed by atoms with Gasteiger partial charge in [-0.1, -0.05) is 97.1 Å². The zero-order chi connectivity index (χ0) is 28.3. The van der Waals surface area contributed by atoms with E-state index in [0.29, 0.717) is 0 Å². The molecule has 0 N–H and O–H groups in total. The van der Waals surface area contributed by atoms with Gasteiger partial charge in [0.05, 0.1) is 11.0 Å². The lowest BCUT2D eigenvalue weighted by molar-refractivity contribution is 1.18. The lowest BCUT2D eigenvalue weighted by Gasteiger charge is -2.26. The minimum atomic E-state index is 1.13. The Morgan fingerprint density at radius 1 is 0.419 bits per heavy atom. The fourth-order valence-electron chi connectivity index (χ4n) is 6.61. The summed E-state index contributed by atoms with van der Waals surface area (Å²) < 4.78 is 5.06. The van der Waals surface area contributed by atoms with Crippen molar-refractivity contribution in [2.24, 2.45) is 0 Å². The lowest BCUT2D eigenvalue weighted by atomic mass is 10.0. The van der Waals surface area contributed by atoms with Crippen LogP contribution in [0.25, 0.3) is 58.4 Å². The predicted octanol–water partition coefficient (Wildman–Crippen LogP) is 11.8. The Kier molecular flexibility index (Phi) is 5.40. The second-order valence-corrected chi connectivity index (χ2v) is 12.1. The molecule has 0 fully saturated rings. The molecule has 0 unspecified atom stereocenters. The minimum absolute atomic E-state index is 1.13. The number of hydrogen-bond acceptors (Lipinski definition) is 2. The Morgan fingerprint density at radius 3 is 1.91 bits per heavy atom. The molecule has 9 aromatic rings. The number of fused-ring (bicyclic) bond motifs is 8. The van der Waals surface area contributed by atoms with Crippen LogP contribution in [0.5, 0.6) is 0 Å². The average Bonchev–Trinajstić information content (AvgIpc) is 3.62. The molecule has 2 aromatic heterocycles. The first-order valence-corrected chi connectivity index (χ1v) is 15.4. The molecule has 0 amide bonds. The quantitative estimate of drug-likeness (QED) is 0.206. The molecule has 2 heterocycles. The van der Waals surface area contributed by atoms with Crippen molar-refractivity contribution in [3.05, 3.63) is 158 Å². The van der Waals surface area contributed by atoms with Gasteiger partial charge in [-0.15, -0.1) is 11.3 Å². The smallest absolute Gasteiger partial charge is 0.0561 e. The van der Waals surface area contributed by atoms with Crippen LogP contribution >= 0.6 is 11.3 Å². The van der Waals surface area contributed by atoms with Gasteiger partial charge in [-0.2, -0.15) is 0 Å². The summed E-state index contributed by atoms with van der Waals surface area (Å²) >= 11 is 1.89. The van der Waals surface area contributed by atoms with E-state index in [4.69, 9.17) is 0 Å².